The van der Waals surface area contributed by atoms with Crippen LogP contribution in [0.2, 0.25) is 54.4 Å². The number of hydrogen-bond acceptors (Lipinski definition) is 4. The van der Waals surface area contributed by atoms with Crippen LogP contribution in [0.4, 0.5) is 0 Å². The highest BCUT2D eigenvalue weighted by molar-refractivity contribution is 6.75. The molecule has 0 bridgehead atoms. The van der Waals surface area contributed by atoms with Crippen molar-refractivity contribution in [3.8, 4) is 12.3 Å². The molecular formula is C28H58O4Si3. The molecule has 0 aliphatic rings. The van der Waals surface area contributed by atoms with E-state index in [1.165, 1.54) is 0 Å². The molecular weight excluding hydrogens is 485 g/mol. The van der Waals surface area contributed by atoms with Crippen LogP contribution in [0, 0.1) is 12.3 Å². The van der Waals surface area contributed by atoms with Crippen molar-refractivity contribution in [3.63, 3.8) is 0 Å². The molecule has 4 nitrogen and oxygen atoms in total. The minimum atomic E-state index is -2.10. The largest absolute Gasteiger partial charge is 0.414 e. The van der Waals surface area contributed by atoms with Crippen LogP contribution in [0.1, 0.15) is 68.7 Å². The summed E-state index contributed by atoms with van der Waals surface area (Å²) in [6.07, 6.45) is 7.24. The SMILES string of the molecule is C#CC[C@@H](O[Si](C)(C)C(C)(C)C)[C@H](OCCO[Si](C)(C)C(C)(C)C)[C@@H](C=C)O[Si](C)(C)C(C)(C)C. The van der Waals surface area contributed by atoms with E-state index >= 15 is 0 Å². The lowest BCUT2D eigenvalue weighted by Gasteiger charge is -2.45. The molecule has 0 aromatic heterocycles. The van der Waals surface area contributed by atoms with E-state index in [1.807, 2.05) is 6.08 Å². The molecule has 206 valence electrons. The molecule has 35 heavy (non-hydrogen) atoms. The summed E-state index contributed by atoms with van der Waals surface area (Å²) in [6.45, 7) is 38.9. The highest BCUT2D eigenvalue weighted by Crippen LogP contribution is 2.41. The molecule has 0 aliphatic heterocycles. The van der Waals surface area contributed by atoms with Crippen molar-refractivity contribution < 1.29 is 18.0 Å². The Morgan fingerprint density at radius 1 is 0.743 bits per heavy atom. The van der Waals surface area contributed by atoms with Crippen molar-refractivity contribution in [2.45, 2.75) is 141 Å². The first-order valence-electron chi connectivity index (χ1n) is 13.1. The molecule has 0 rings (SSSR count). The molecule has 0 unspecified atom stereocenters. The van der Waals surface area contributed by atoms with Crippen molar-refractivity contribution >= 4 is 25.0 Å². The molecule has 0 saturated carbocycles. The molecule has 7 heteroatoms. The first-order valence-corrected chi connectivity index (χ1v) is 21.8. The predicted octanol–water partition coefficient (Wildman–Crippen LogP) is 8.38. The summed E-state index contributed by atoms with van der Waals surface area (Å²) in [6, 6.07) is 0. The fourth-order valence-electron chi connectivity index (χ4n) is 2.77. The first kappa shape index (κ1) is 34.8. The van der Waals surface area contributed by atoms with Gasteiger partial charge in [0.15, 0.2) is 25.0 Å². The Hall–Kier alpha value is -0.209. The minimum absolute atomic E-state index is 0.0554. The third kappa shape index (κ3) is 10.2. The summed E-state index contributed by atoms with van der Waals surface area (Å²) in [4.78, 5) is 0. The van der Waals surface area contributed by atoms with Crippen molar-refractivity contribution in [2.75, 3.05) is 13.2 Å². The van der Waals surface area contributed by atoms with E-state index in [1.54, 1.807) is 0 Å². The van der Waals surface area contributed by atoms with Crippen LogP contribution in [0.15, 0.2) is 12.7 Å². The molecule has 0 heterocycles. The predicted molar refractivity (Wildman–Crippen MR) is 161 cm³/mol. The Balaban J connectivity index is 6.04. The van der Waals surface area contributed by atoms with E-state index in [4.69, 9.17) is 24.4 Å². The van der Waals surface area contributed by atoms with Crippen molar-refractivity contribution in [2.24, 2.45) is 0 Å². The second-order valence-electron chi connectivity index (χ2n) is 14.3. The van der Waals surface area contributed by atoms with Crippen LogP contribution in [0.3, 0.4) is 0 Å². The molecule has 3 atom stereocenters. The van der Waals surface area contributed by atoms with Gasteiger partial charge >= 0.3 is 0 Å². The highest BCUT2D eigenvalue weighted by atomic mass is 28.4. The van der Waals surface area contributed by atoms with E-state index in [-0.39, 0.29) is 33.4 Å². The average Bonchev–Trinajstić information content (AvgIpc) is 2.63. The number of terminal acetylenes is 1. The van der Waals surface area contributed by atoms with E-state index < -0.39 is 25.0 Å². The summed E-state index contributed by atoms with van der Waals surface area (Å²) in [5.41, 5.74) is 0. The van der Waals surface area contributed by atoms with Crippen LogP contribution in [-0.2, 0) is 18.0 Å². The smallest absolute Gasteiger partial charge is 0.193 e. The normalized spacial score (nSPS) is 17.0. The summed E-state index contributed by atoms with van der Waals surface area (Å²) >= 11 is 0. The molecule has 0 N–H and O–H groups in total. The lowest BCUT2D eigenvalue weighted by molar-refractivity contribution is -0.0810. The van der Waals surface area contributed by atoms with Gasteiger partial charge in [-0.1, -0.05) is 68.4 Å². The Bertz CT molecular complexity index is 704. The topological polar surface area (TPSA) is 36.9 Å². The van der Waals surface area contributed by atoms with E-state index in [9.17, 15) is 0 Å². The summed E-state index contributed by atoms with van der Waals surface area (Å²) in [5.74, 6) is 2.84. The fourth-order valence-corrected chi connectivity index (χ4v) is 6.39. The lowest BCUT2D eigenvalue weighted by atomic mass is 10.1. The van der Waals surface area contributed by atoms with Crippen LogP contribution in [0.25, 0.3) is 0 Å². The Kier molecular flexibility index (Phi) is 12.5. The van der Waals surface area contributed by atoms with E-state index in [2.05, 4.69) is 114 Å². The lowest BCUT2D eigenvalue weighted by Crippen LogP contribution is -2.54. The van der Waals surface area contributed by atoms with Gasteiger partial charge in [-0.3, -0.25) is 0 Å². The Morgan fingerprint density at radius 2 is 1.17 bits per heavy atom. The van der Waals surface area contributed by atoms with Gasteiger partial charge in [0.25, 0.3) is 0 Å². The first-order chi connectivity index (χ1) is 15.4. The molecule has 0 radical (unpaired) electrons. The van der Waals surface area contributed by atoms with Crippen molar-refractivity contribution in [1.82, 2.24) is 0 Å². The molecule has 0 amide bonds. The molecule has 0 fully saturated rings. The Labute approximate surface area is 222 Å². The van der Waals surface area contributed by atoms with Gasteiger partial charge in [-0.25, -0.2) is 0 Å². The summed E-state index contributed by atoms with van der Waals surface area (Å²) < 4.78 is 26.6. The fraction of sp³-hybridized carbons (Fsp3) is 0.857. The summed E-state index contributed by atoms with van der Waals surface area (Å²) in [5, 5.41) is 0.269. The van der Waals surface area contributed by atoms with Gasteiger partial charge < -0.3 is 18.0 Å². The van der Waals surface area contributed by atoms with Gasteiger partial charge in [-0.2, -0.15) is 0 Å². The van der Waals surface area contributed by atoms with Crippen molar-refractivity contribution in [1.29, 1.82) is 0 Å². The average molecular weight is 543 g/mol. The molecule has 0 aliphatic carbocycles. The van der Waals surface area contributed by atoms with Gasteiger partial charge in [0.1, 0.15) is 6.10 Å². The van der Waals surface area contributed by atoms with E-state index in [0.717, 1.165) is 0 Å². The van der Waals surface area contributed by atoms with Crippen LogP contribution in [-0.4, -0.2) is 56.5 Å². The molecule has 0 saturated heterocycles. The van der Waals surface area contributed by atoms with Gasteiger partial charge in [0.05, 0.1) is 25.4 Å². The Morgan fingerprint density at radius 3 is 1.54 bits per heavy atom. The number of ether oxygens (including phenoxy) is 1. The zero-order chi connectivity index (χ0) is 28.1. The maximum atomic E-state index is 6.87. The minimum Gasteiger partial charge on any atom is -0.414 e. The standard InChI is InChI=1S/C28H58O4Si3/c1-18-20-24(32-35(16,17)28(9,10)11)25(23(19-2)31-34(14,15)27(6,7)8)29-21-22-30-33(12,13)26(3,4)5/h1,19,23-25H,2,20-22H2,3-17H3/t23-,24-,25-/m1/s1. The second kappa shape index (κ2) is 12.6. The maximum Gasteiger partial charge on any atom is 0.193 e. The third-order valence-corrected chi connectivity index (χ3v) is 21.9. The van der Waals surface area contributed by atoms with Crippen LogP contribution < -0.4 is 0 Å². The zero-order valence-electron chi connectivity index (χ0n) is 25.8. The molecule has 0 aromatic carbocycles. The second-order valence-corrected chi connectivity index (χ2v) is 28.7. The summed E-state index contributed by atoms with van der Waals surface area (Å²) in [7, 11) is -6.05. The quantitative estimate of drug-likeness (QED) is 0.101. The van der Waals surface area contributed by atoms with Gasteiger partial charge in [-0.05, 0) is 54.4 Å². The maximum absolute atomic E-state index is 6.87. The molecule has 0 spiro atoms. The van der Waals surface area contributed by atoms with Gasteiger partial charge in [-0.15, -0.1) is 18.9 Å². The number of rotatable bonds is 13. The van der Waals surface area contributed by atoms with Crippen LogP contribution >= 0.6 is 0 Å². The highest BCUT2D eigenvalue weighted by Gasteiger charge is 2.45. The van der Waals surface area contributed by atoms with Crippen LogP contribution in [0.5, 0.6) is 0 Å². The van der Waals surface area contributed by atoms with Gasteiger partial charge in [0, 0.05) is 6.42 Å². The number of hydrogen-bond donors (Lipinski definition) is 0. The molecule has 0 aromatic rings. The van der Waals surface area contributed by atoms with E-state index in [0.29, 0.717) is 19.6 Å². The zero-order valence-corrected chi connectivity index (χ0v) is 28.8. The van der Waals surface area contributed by atoms with Gasteiger partial charge in [0.2, 0.25) is 0 Å². The van der Waals surface area contributed by atoms with Crippen molar-refractivity contribution in [3.05, 3.63) is 12.7 Å². The monoisotopic (exact) mass is 542 g/mol. The third-order valence-electron chi connectivity index (χ3n) is 8.39.